The van der Waals surface area contributed by atoms with Crippen LogP contribution in [0.25, 0.3) is 0 Å². The van der Waals surface area contributed by atoms with Gasteiger partial charge >= 0.3 is 0 Å². The molecule has 0 spiro atoms. The molecule has 2 rings (SSSR count). The highest BCUT2D eigenvalue weighted by Gasteiger charge is 2.24. The molecule has 0 aliphatic carbocycles. The Hall–Kier alpha value is -1.18. The fraction of sp³-hybridized carbons (Fsp3) is 0.385. The molecule has 1 saturated heterocycles. The Kier molecular flexibility index (Phi) is 4.95. The van der Waals surface area contributed by atoms with E-state index in [1.54, 1.807) is 17.0 Å². The fourth-order valence-corrected chi connectivity index (χ4v) is 2.72. The summed E-state index contributed by atoms with van der Waals surface area (Å²) >= 11 is 8.14. The van der Waals surface area contributed by atoms with Crippen LogP contribution in [-0.2, 0) is 0 Å². The summed E-state index contributed by atoms with van der Waals surface area (Å²) in [4.78, 5) is 16.7. The fourth-order valence-electron chi connectivity index (χ4n) is 2.19. The van der Waals surface area contributed by atoms with Crippen molar-refractivity contribution in [3.63, 3.8) is 0 Å². The minimum atomic E-state index is -0.148. The van der Waals surface area contributed by atoms with E-state index in [2.05, 4.69) is 20.8 Å². The Morgan fingerprint density at radius 3 is 2.55 bits per heavy atom. The number of halogens is 1. The van der Waals surface area contributed by atoms with E-state index in [0.717, 1.165) is 17.6 Å². The van der Waals surface area contributed by atoms with Crippen LogP contribution in [0.2, 0.25) is 0 Å². The second kappa shape index (κ2) is 6.51. The Labute approximate surface area is 131 Å². The quantitative estimate of drug-likeness (QED) is 0.795. The molecule has 1 aliphatic heterocycles. The minimum absolute atomic E-state index is 0.00468. The second-order valence-corrected chi connectivity index (χ2v) is 6.14. The van der Waals surface area contributed by atoms with Crippen LogP contribution in [0.1, 0.15) is 10.4 Å². The molecule has 3 N–H and O–H groups in total. The van der Waals surface area contributed by atoms with E-state index in [0.29, 0.717) is 30.2 Å². The van der Waals surface area contributed by atoms with Gasteiger partial charge in [0.1, 0.15) is 5.75 Å². The number of carbonyl (C=O) groups excluding carboxylic acids is 1. The molecule has 0 atom stereocenters. The summed E-state index contributed by atoms with van der Waals surface area (Å²) < 4.78 is 0.743. The lowest BCUT2D eigenvalue weighted by molar-refractivity contribution is 0.0651. The average Bonchev–Trinajstić information content (AvgIpc) is 2.38. The summed E-state index contributed by atoms with van der Waals surface area (Å²) in [6.45, 7) is 3.27. The number of nitrogens with two attached hydrogens (primary N) is 1. The zero-order valence-corrected chi connectivity index (χ0v) is 13.3. The predicted molar refractivity (Wildman–Crippen MR) is 84.9 cm³/mol. The Balaban J connectivity index is 1.99. The summed E-state index contributed by atoms with van der Waals surface area (Å²) in [5, 5.41) is 9.84. The lowest BCUT2D eigenvalue weighted by Crippen LogP contribution is -2.50. The topological polar surface area (TPSA) is 69.8 Å². The number of thiocarbonyl (C=S) groups is 1. The van der Waals surface area contributed by atoms with Crippen molar-refractivity contribution in [3.8, 4) is 5.75 Å². The van der Waals surface area contributed by atoms with E-state index in [4.69, 9.17) is 18.0 Å². The third kappa shape index (κ3) is 3.68. The van der Waals surface area contributed by atoms with Gasteiger partial charge in [0, 0.05) is 37.2 Å². The van der Waals surface area contributed by atoms with Crippen LogP contribution in [0.5, 0.6) is 5.75 Å². The van der Waals surface area contributed by atoms with Crippen molar-refractivity contribution in [2.75, 3.05) is 32.7 Å². The number of amides is 1. The van der Waals surface area contributed by atoms with E-state index in [1.807, 2.05) is 0 Å². The highest BCUT2D eigenvalue weighted by molar-refractivity contribution is 9.10. The molecule has 108 valence electrons. The zero-order chi connectivity index (χ0) is 14.7. The lowest BCUT2D eigenvalue weighted by atomic mass is 10.1. The van der Waals surface area contributed by atoms with Gasteiger partial charge in [-0.15, -0.1) is 0 Å². The van der Waals surface area contributed by atoms with Crippen LogP contribution in [-0.4, -0.2) is 58.5 Å². The van der Waals surface area contributed by atoms with Gasteiger partial charge in [0.2, 0.25) is 0 Å². The van der Waals surface area contributed by atoms with E-state index < -0.39 is 0 Å². The molecule has 1 heterocycles. The molecule has 7 heteroatoms. The number of nitrogens with zero attached hydrogens (tertiary/aromatic N) is 2. The molecule has 0 aromatic heterocycles. The molecule has 0 saturated carbocycles. The number of aromatic hydroxyl groups is 1. The smallest absolute Gasteiger partial charge is 0.257 e. The highest BCUT2D eigenvalue weighted by Crippen LogP contribution is 2.24. The van der Waals surface area contributed by atoms with Gasteiger partial charge in [0.25, 0.3) is 5.91 Å². The van der Waals surface area contributed by atoms with Crippen LogP contribution in [0.3, 0.4) is 0 Å². The van der Waals surface area contributed by atoms with Gasteiger partial charge in [0.05, 0.1) is 10.6 Å². The first-order chi connectivity index (χ1) is 9.47. The molecule has 0 bridgehead atoms. The maximum atomic E-state index is 12.3. The van der Waals surface area contributed by atoms with E-state index >= 15 is 0 Å². The minimum Gasteiger partial charge on any atom is -0.507 e. The number of benzene rings is 1. The Morgan fingerprint density at radius 1 is 1.35 bits per heavy atom. The van der Waals surface area contributed by atoms with Crippen molar-refractivity contribution in [2.24, 2.45) is 5.73 Å². The molecule has 1 aliphatic rings. The summed E-state index contributed by atoms with van der Waals surface area (Å²) in [7, 11) is 0. The maximum absolute atomic E-state index is 12.3. The molecular weight excluding hydrogens is 342 g/mol. The SMILES string of the molecule is NC(=S)CN1CCN(C(=O)c2ccc(Br)cc2O)CC1. The highest BCUT2D eigenvalue weighted by atomic mass is 79.9. The van der Waals surface area contributed by atoms with Gasteiger partial charge in [-0.2, -0.15) is 0 Å². The average molecular weight is 358 g/mol. The molecule has 1 amide bonds. The van der Waals surface area contributed by atoms with Gasteiger partial charge in [-0.1, -0.05) is 28.1 Å². The molecule has 0 unspecified atom stereocenters. The first kappa shape index (κ1) is 15.2. The summed E-state index contributed by atoms with van der Waals surface area (Å²) in [6, 6.07) is 4.90. The molecule has 5 nitrogen and oxygen atoms in total. The number of hydrogen-bond donors (Lipinski definition) is 2. The van der Waals surface area contributed by atoms with Crippen molar-refractivity contribution >= 4 is 39.0 Å². The molecule has 0 radical (unpaired) electrons. The number of hydrogen-bond acceptors (Lipinski definition) is 4. The van der Waals surface area contributed by atoms with Gasteiger partial charge in [-0.05, 0) is 18.2 Å². The monoisotopic (exact) mass is 357 g/mol. The third-order valence-electron chi connectivity index (χ3n) is 3.23. The normalized spacial score (nSPS) is 16.1. The van der Waals surface area contributed by atoms with Gasteiger partial charge in [-0.25, -0.2) is 0 Å². The first-order valence-electron chi connectivity index (χ1n) is 6.26. The van der Waals surface area contributed by atoms with Gasteiger partial charge in [-0.3, -0.25) is 9.69 Å². The number of rotatable bonds is 3. The second-order valence-electron chi connectivity index (χ2n) is 4.70. The molecule has 20 heavy (non-hydrogen) atoms. The number of phenols is 1. The van der Waals surface area contributed by atoms with Crippen LogP contribution < -0.4 is 5.73 Å². The predicted octanol–water partition coefficient (Wildman–Crippen LogP) is 1.20. The number of carbonyl (C=O) groups is 1. The van der Waals surface area contributed by atoms with E-state index in [1.165, 1.54) is 6.07 Å². The first-order valence-corrected chi connectivity index (χ1v) is 7.46. The van der Waals surface area contributed by atoms with Gasteiger partial charge < -0.3 is 15.7 Å². The largest absolute Gasteiger partial charge is 0.507 e. The van der Waals surface area contributed by atoms with E-state index in [9.17, 15) is 9.90 Å². The van der Waals surface area contributed by atoms with Crippen molar-refractivity contribution in [3.05, 3.63) is 28.2 Å². The summed E-state index contributed by atoms with van der Waals surface area (Å²) in [5.74, 6) is -0.153. The standard InChI is InChI=1S/C13H16BrN3O2S/c14-9-1-2-10(11(18)7-9)13(19)17-5-3-16(4-6-17)8-12(15)20/h1-2,7,18H,3-6,8H2,(H2,15,20). The summed E-state index contributed by atoms with van der Waals surface area (Å²) in [6.07, 6.45) is 0. The van der Waals surface area contributed by atoms with Gasteiger partial charge in [0.15, 0.2) is 0 Å². The molecule has 1 aromatic rings. The van der Waals surface area contributed by atoms with Crippen molar-refractivity contribution < 1.29 is 9.90 Å². The van der Waals surface area contributed by atoms with Crippen LogP contribution >= 0.6 is 28.1 Å². The molecule has 1 aromatic carbocycles. The van der Waals surface area contributed by atoms with Crippen LogP contribution in [0.4, 0.5) is 0 Å². The number of phenolic OH excluding ortho intramolecular Hbond substituents is 1. The summed E-state index contributed by atoms with van der Waals surface area (Å²) in [5.41, 5.74) is 5.84. The lowest BCUT2D eigenvalue weighted by Gasteiger charge is -2.34. The van der Waals surface area contributed by atoms with Crippen molar-refractivity contribution in [2.45, 2.75) is 0 Å². The zero-order valence-electron chi connectivity index (χ0n) is 10.9. The van der Waals surface area contributed by atoms with Crippen LogP contribution in [0.15, 0.2) is 22.7 Å². The maximum Gasteiger partial charge on any atom is 0.257 e. The molecule has 1 fully saturated rings. The Morgan fingerprint density at radius 2 is 2.00 bits per heavy atom. The number of piperazine rings is 1. The van der Waals surface area contributed by atoms with Crippen molar-refractivity contribution in [1.82, 2.24) is 9.80 Å². The van der Waals surface area contributed by atoms with Crippen molar-refractivity contribution in [1.29, 1.82) is 0 Å². The third-order valence-corrected chi connectivity index (χ3v) is 3.85. The molecular formula is C13H16BrN3O2S. The van der Waals surface area contributed by atoms with E-state index in [-0.39, 0.29) is 11.7 Å². The van der Waals surface area contributed by atoms with Crippen LogP contribution in [0, 0.1) is 0 Å². The Bertz CT molecular complexity index is 530.